The number of likely N-dealkylation sites (tertiary alicyclic amines) is 1. The topological polar surface area (TPSA) is 72.3 Å². The Morgan fingerprint density at radius 1 is 1.69 bits per heavy atom. The van der Waals surface area contributed by atoms with Crippen molar-refractivity contribution in [3.63, 3.8) is 0 Å². The monoisotopic (exact) mass is 185 g/mol. The minimum atomic E-state index is -0.297. The molecule has 13 heavy (non-hydrogen) atoms. The van der Waals surface area contributed by atoms with Gasteiger partial charge in [0.2, 0.25) is 0 Å². The first-order valence-electron chi connectivity index (χ1n) is 4.89. The van der Waals surface area contributed by atoms with Crippen LogP contribution in [-0.4, -0.2) is 30.1 Å². The van der Waals surface area contributed by atoms with Gasteiger partial charge < -0.3 is 16.4 Å². The highest BCUT2D eigenvalue weighted by Gasteiger charge is 2.22. The molecule has 0 radical (unpaired) electrons. The fraction of sp³-hybridized carbons (Fsp3) is 0.889. The van der Waals surface area contributed by atoms with Gasteiger partial charge in [0.05, 0.1) is 0 Å². The SMILES string of the molecule is CC(N)CC1CCCN(C(N)=O)C1. The zero-order chi connectivity index (χ0) is 9.84. The third kappa shape index (κ3) is 3.22. The normalized spacial score (nSPS) is 25.7. The van der Waals surface area contributed by atoms with Gasteiger partial charge in [0, 0.05) is 19.1 Å². The summed E-state index contributed by atoms with van der Waals surface area (Å²) in [5.74, 6) is 0.543. The molecule has 2 atom stereocenters. The number of carbonyl (C=O) groups excluding carboxylic acids is 1. The molecule has 1 fully saturated rings. The summed E-state index contributed by atoms with van der Waals surface area (Å²) in [6, 6.07) is -0.0767. The van der Waals surface area contributed by atoms with Gasteiger partial charge in [0.25, 0.3) is 0 Å². The van der Waals surface area contributed by atoms with E-state index in [9.17, 15) is 4.79 Å². The van der Waals surface area contributed by atoms with Crippen molar-refractivity contribution in [1.29, 1.82) is 0 Å². The summed E-state index contributed by atoms with van der Waals surface area (Å²) >= 11 is 0. The van der Waals surface area contributed by atoms with Gasteiger partial charge >= 0.3 is 6.03 Å². The molecule has 0 bridgehead atoms. The van der Waals surface area contributed by atoms with Gasteiger partial charge in [-0.1, -0.05) is 0 Å². The van der Waals surface area contributed by atoms with Crippen LogP contribution in [0, 0.1) is 5.92 Å². The van der Waals surface area contributed by atoms with E-state index in [4.69, 9.17) is 11.5 Å². The molecule has 76 valence electrons. The van der Waals surface area contributed by atoms with Crippen LogP contribution in [0.1, 0.15) is 26.2 Å². The van der Waals surface area contributed by atoms with Crippen molar-refractivity contribution in [1.82, 2.24) is 4.90 Å². The molecule has 1 rings (SSSR count). The highest BCUT2D eigenvalue weighted by molar-refractivity contribution is 5.72. The largest absolute Gasteiger partial charge is 0.351 e. The average molecular weight is 185 g/mol. The van der Waals surface area contributed by atoms with Crippen LogP contribution in [0.15, 0.2) is 0 Å². The van der Waals surface area contributed by atoms with Crippen molar-refractivity contribution in [3.05, 3.63) is 0 Å². The first-order chi connectivity index (χ1) is 6.09. The lowest BCUT2D eigenvalue weighted by molar-refractivity contribution is 0.168. The fourth-order valence-electron chi connectivity index (χ4n) is 1.98. The van der Waals surface area contributed by atoms with E-state index in [-0.39, 0.29) is 12.1 Å². The number of carbonyl (C=O) groups is 1. The maximum absolute atomic E-state index is 10.9. The Kier molecular flexibility index (Phi) is 3.54. The van der Waals surface area contributed by atoms with Crippen LogP contribution in [0.2, 0.25) is 0 Å². The van der Waals surface area contributed by atoms with E-state index >= 15 is 0 Å². The number of hydrogen-bond acceptors (Lipinski definition) is 2. The van der Waals surface area contributed by atoms with Crippen molar-refractivity contribution in [2.24, 2.45) is 17.4 Å². The molecule has 0 aromatic rings. The van der Waals surface area contributed by atoms with Gasteiger partial charge in [0.15, 0.2) is 0 Å². The van der Waals surface area contributed by atoms with E-state index in [1.54, 1.807) is 4.90 Å². The van der Waals surface area contributed by atoms with Crippen LogP contribution in [0.25, 0.3) is 0 Å². The molecule has 1 saturated heterocycles. The Morgan fingerprint density at radius 3 is 2.92 bits per heavy atom. The number of amides is 2. The third-order valence-electron chi connectivity index (χ3n) is 2.54. The van der Waals surface area contributed by atoms with Crippen molar-refractivity contribution in [2.75, 3.05) is 13.1 Å². The maximum Gasteiger partial charge on any atom is 0.314 e. The van der Waals surface area contributed by atoms with Gasteiger partial charge in [-0.25, -0.2) is 4.79 Å². The van der Waals surface area contributed by atoms with Crippen molar-refractivity contribution in [2.45, 2.75) is 32.2 Å². The summed E-state index contributed by atoms with van der Waals surface area (Å²) in [6.45, 7) is 3.60. The number of piperidine rings is 1. The van der Waals surface area contributed by atoms with Crippen LogP contribution in [-0.2, 0) is 0 Å². The number of nitrogens with two attached hydrogens (primary N) is 2. The lowest BCUT2D eigenvalue weighted by Crippen LogP contribution is -2.43. The van der Waals surface area contributed by atoms with Crippen LogP contribution < -0.4 is 11.5 Å². The molecule has 1 heterocycles. The third-order valence-corrected chi connectivity index (χ3v) is 2.54. The Hall–Kier alpha value is -0.770. The summed E-state index contributed by atoms with van der Waals surface area (Å²) in [6.07, 6.45) is 3.22. The molecular formula is C9H19N3O. The molecule has 4 N–H and O–H groups in total. The second-order valence-electron chi connectivity index (χ2n) is 4.01. The van der Waals surface area contributed by atoms with Gasteiger partial charge in [-0.3, -0.25) is 0 Å². The van der Waals surface area contributed by atoms with Gasteiger partial charge in [0.1, 0.15) is 0 Å². The molecule has 1 aliphatic rings. The van der Waals surface area contributed by atoms with Crippen LogP contribution in [0.3, 0.4) is 0 Å². The predicted molar refractivity (Wildman–Crippen MR) is 52.1 cm³/mol. The molecule has 2 amide bonds. The molecule has 0 spiro atoms. The van der Waals surface area contributed by atoms with Crippen molar-refractivity contribution < 1.29 is 4.79 Å². The number of primary amides is 1. The summed E-state index contributed by atoms with van der Waals surface area (Å²) in [4.78, 5) is 12.6. The molecule has 2 unspecified atom stereocenters. The van der Waals surface area contributed by atoms with Crippen molar-refractivity contribution >= 4 is 6.03 Å². The van der Waals surface area contributed by atoms with Crippen molar-refractivity contribution in [3.8, 4) is 0 Å². The Balaban J connectivity index is 2.37. The molecule has 4 nitrogen and oxygen atoms in total. The lowest BCUT2D eigenvalue weighted by atomic mass is 9.92. The summed E-state index contributed by atoms with van der Waals surface area (Å²) in [5.41, 5.74) is 10.9. The Labute approximate surface area is 79.3 Å². The second kappa shape index (κ2) is 4.46. The van der Waals surface area contributed by atoms with Gasteiger partial charge in [-0.2, -0.15) is 0 Å². The van der Waals surface area contributed by atoms with Crippen LogP contribution in [0.4, 0.5) is 4.79 Å². The predicted octanol–water partition coefficient (Wildman–Crippen LogP) is 0.514. The fourth-order valence-corrected chi connectivity index (χ4v) is 1.98. The first-order valence-corrected chi connectivity index (χ1v) is 4.89. The number of urea groups is 1. The number of rotatable bonds is 2. The van der Waals surface area contributed by atoms with Crippen LogP contribution in [0.5, 0.6) is 0 Å². The standard InChI is InChI=1S/C9H19N3O/c1-7(10)5-8-3-2-4-12(6-8)9(11)13/h7-8H,2-6,10H2,1H3,(H2,11,13). The van der Waals surface area contributed by atoms with E-state index < -0.39 is 0 Å². The highest BCUT2D eigenvalue weighted by atomic mass is 16.2. The van der Waals surface area contributed by atoms with E-state index in [2.05, 4.69) is 0 Å². The first kappa shape index (κ1) is 10.3. The summed E-state index contributed by atoms with van der Waals surface area (Å²) in [5, 5.41) is 0. The van der Waals surface area contributed by atoms with E-state index in [0.717, 1.165) is 25.9 Å². The van der Waals surface area contributed by atoms with E-state index in [1.165, 1.54) is 6.42 Å². The smallest absolute Gasteiger partial charge is 0.314 e. The molecule has 0 aromatic heterocycles. The zero-order valence-electron chi connectivity index (χ0n) is 8.20. The summed E-state index contributed by atoms with van der Waals surface area (Å²) < 4.78 is 0. The highest BCUT2D eigenvalue weighted by Crippen LogP contribution is 2.20. The molecule has 1 aliphatic heterocycles. The summed E-state index contributed by atoms with van der Waals surface area (Å²) in [7, 11) is 0. The zero-order valence-corrected chi connectivity index (χ0v) is 8.20. The van der Waals surface area contributed by atoms with Gasteiger partial charge in [-0.05, 0) is 32.1 Å². The molecule has 0 aliphatic carbocycles. The van der Waals surface area contributed by atoms with E-state index in [1.807, 2.05) is 6.92 Å². The number of nitrogens with zero attached hydrogens (tertiary/aromatic N) is 1. The lowest BCUT2D eigenvalue weighted by Gasteiger charge is -2.32. The maximum atomic E-state index is 10.9. The molecule has 0 aromatic carbocycles. The second-order valence-corrected chi connectivity index (χ2v) is 4.01. The Bertz CT molecular complexity index is 182. The van der Waals surface area contributed by atoms with E-state index in [0.29, 0.717) is 5.92 Å². The molecule has 0 saturated carbocycles. The minimum absolute atomic E-state index is 0.220. The quantitative estimate of drug-likeness (QED) is 0.658. The Morgan fingerprint density at radius 2 is 2.38 bits per heavy atom. The number of hydrogen-bond donors (Lipinski definition) is 2. The minimum Gasteiger partial charge on any atom is -0.351 e. The van der Waals surface area contributed by atoms with Crippen LogP contribution >= 0.6 is 0 Å². The van der Waals surface area contributed by atoms with Gasteiger partial charge in [-0.15, -0.1) is 0 Å². The molecular weight excluding hydrogens is 166 g/mol. The molecule has 4 heteroatoms. The average Bonchev–Trinajstić information content (AvgIpc) is 2.03.